The minimum atomic E-state index is -3.95. The number of aryl methyl sites for hydroxylation is 2. The van der Waals surface area contributed by atoms with Crippen LogP contribution in [0.2, 0.25) is 0 Å². The van der Waals surface area contributed by atoms with E-state index in [1.54, 1.807) is 12.3 Å². The molecule has 0 atom stereocenters. The molecule has 212 valence electrons. The number of nitrogen functional groups attached to an aromatic ring is 1. The van der Waals surface area contributed by atoms with Crippen molar-refractivity contribution >= 4 is 38.2 Å². The highest BCUT2D eigenvalue weighted by Gasteiger charge is 2.22. The number of carbonyl (C=O) groups excluding carboxylic acids is 1. The summed E-state index contributed by atoms with van der Waals surface area (Å²) >= 11 is 0. The van der Waals surface area contributed by atoms with E-state index >= 15 is 0 Å². The number of hydrogen-bond acceptors (Lipinski definition) is 7. The fourth-order valence-corrected chi connectivity index (χ4v) is 5.35. The Balaban J connectivity index is 1.39. The Morgan fingerprint density at radius 3 is 2.63 bits per heavy atom. The Bertz CT molecular complexity index is 1880. The molecule has 13 heteroatoms. The predicted molar refractivity (Wildman–Crippen MR) is 151 cm³/mol. The number of ether oxygens (including phenoxy) is 1. The molecule has 0 radical (unpaired) electrons. The number of fused-ring (bicyclic) bond motifs is 1. The number of rotatable bonds is 10. The van der Waals surface area contributed by atoms with Gasteiger partial charge in [0.2, 0.25) is 21.7 Å². The van der Waals surface area contributed by atoms with E-state index in [2.05, 4.69) is 19.8 Å². The molecule has 0 spiro atoms. The van der Waals surface area contributed by atoms with Crippen LogP contribution < -0.4 is 15.2 Å². The zero-order valence-corrected chi connectivity index (χ0v) is 22.9. The number of pyridine rings is 1. The van der Waals surface area contributed by atoms with E-state index in [1.807, 2.05) is 38.1 Å². The monoisotopic (exact) mass is 580 g/mol. The second kappa shape index (κ2) is 11.0. The van der Waals surface area contributed by atoms with Crippen molar-refractivity contribution in [2.24, 2.45) is 0 Å². The lowest BCUT2D eigenvalue weighted by Crippen LogP contribution is -2.17. The van der Waals surface area contributed by atoms with E-state index in [0.717, 1.165) is 17.2 Å². The first-order chi connectivity index (χ1) is 19.6. The van der Waals surface area contributed by atoms with Crippen molar-refractivity contribution in [3.05, 3.63) is 89.1 Å². The number of nitrogens with two attached hydrogens (primary N) is 1. The molecule has 2 aromatic carbocycles. The average molecular weight is 581 g/mol. The number of benzene rings is 2. The average Bonchev–Trinajstić information content (AvgIpc) is 3.51. The van der Waals surface area contributed by atoms with Crippen molar-refractivity contribution in [1.82, 2.24) is 19.7 Å². The van der Waals surface area contributed by atoms with E-state index in [9.17, 15) is 22.0 Å². The number of aromatic nitrogens is 4. The lowest BCUT2D eigenvalue weighted by atomic mass is 10.1. The molecule has 0 aliphatic rings. The number of carbonyl (C=O) groups is 1. The summed E-state index contributed by atoms with van der Waals surface area (Å²) in [5.41, 5.74) is 8.77. The van der Waals surface area contributed by atoms with Crippen LogP contribution in [0.25, 0.3) is 16.6 Å². The highest BCUT2D eigenvalue weighted by molar-refractivity contribution is 7.92. The molecule has 0 saturated carbocycles. The summed E-state index contributed by atoms with van der Waals surface area (Å²) in [5.74, 6) is -0.699. The quantitative estimate of drug-likeness (QED) is 0.192. The van der Waals surface area contributed by atoms with E-state index in [4.69, 9.17) is 10.5 Å². The van der Waals surface area contributed by atoms with Crippen molar-refractivity contribution in [2.45, 2.75) is 20.3 Å². The van der Waals surface area contributed by atoms with Gasteiger partial charge >= 0.3 is 0 Å². The Kier molecular flexibility index (Phi) is 7.45. The van der Waals surface area contributed by atoms with E-state index < -0.39 is 34.1 Å². The normalized spacial score (nSPS) is 11.6. The van der Waals surface area contributed by atoms with Gasteiger partial charge in [-0.15, -0.1) is 0 Å². The number of aromatic amines is 1. The van der Waals surface area contributed by atoms with Crippen molar-refractivity contribution in [1.29, 1.82) is 0 Å². The van der Waals surface area contributed by atoms with Gasteiger partial charge in [0.25, 0.3) is 0 Å². The van der Waals surface area contributed by atoms with Gasteiger partial charge in [0.1, 0.15) is 17.4 Å². The molecule has 3 heterocycles. The Labute approximate surface area is 234 Å². The molecular weight excluding hydrogens is 554 g/mol. The van der Waals surface area contributed by atoms with Crippen molar-refractivity contribution in [2.75, 3.05) is 22.9 Å². The van der Waals surface area contributed by atoms with Crippen LogP contribution in [0.3, 0.4) is 0 Å². The number of hydrogen-bond donors (Lipinski definition) is 3. The van der Waals surface area contributed by atoms with E-state index in [0.29, 0.717) is 28.2 Å². The first-order valence-corrected chi connectivity index (χ1v) is 14.2. The van der Waals surface area contributed by atoms with Gasteiger partial charge in [0.15, 0.2) is 0 Å². The number of halogens is 2. The molecule has 0 fully saturated rings. The summed E-state index contributed by atoms with van der Waals surface area (Å²) in [4.78, 5) is 20.6. The first kappa shape index (κ1) is 27.8. The van der Waals surface area contributed by atoms with Crippen molar-refractivity contribution < 1.29 is 26.7 Å². The molecule has 0 amide bonds. The molecule has 0 unspecified atom stereocenters. The third-order valence-electron chi connectivity index (χ3n) is 6.41. The zero-order valence-electron chi connectivity index (χ0n) is 22.1. The first-order valence-electron chi connectivity index (χ1n) is 12.5. The van der Waals surface area contributed by atoms with Gasteiger partial charge in [0, 0.05) is 17.0 Å². The van der Waals surface area contributed by atoms with Crippen LogP contribution in [0.4, 0.5) is 20.3 Å². The van der Waals surface area contributed by atoms with Gasteiger partial charge in [-0.2, -0.15) is 5.10 Å². The minimum Gasteiger partial charge on any atom is -0.439 e. The lowest BCUT2D eigenvalue weighted by molar-refractivity contribution is 0.103. The van der Waals surface area contributed by atoms with Gasteiger partial charge in [-0.25, -0.2) is 22.5 Å². The number of H-pyrrole nitrogens is 1. The molecule has 5 aromatic rings. The van der Waals surface area contributed by atoms with Gasteiger partial charge < -0.3 is 15.5 Å². The van der Waals surface area contributed by atoms with Crippen LogP contribution in [0, 0.1) is 19.7 Å². The van der Waals surface area contributed by atoms with Gasteiger partial charge in [-0.05, 0) is 55.7 Å². The molecule has 0 aliphatic heterocycles. The number of anilines is 2. The van der Waals surface area contributed by atoms with Crippen LogP contribution in [0.15, 0.2) is 60.9 Å². The summed E-state index contributed by atoms with van der Waals surface area (Å²) in [6, 6.07) is 13.1. The molecule has 3 aromatic heterocycles. The van der Waals surface area contributed by atoms with Crippen molar-refractivity contribution in [3.63, 3.8) is 0 Å². The third kappa shape index (κ3) is 5.75. The van der Waals surface area contributed by atoms with Crippen LogP contribution in [-0.4, -0.2) is 46.4 Å². The minimum absolute atomic E-state index is 0.0682. The number of ketones is 1. The molecule has 0 bridgehead atoms. The third-order valence-corrected chi connectivity index (χ3v) is 7.77. The zero-order chi connectivity index (χ0) is 29.3. The van der Waals surface area contributed by atoms with Crippen LogP contribution in [-0.2, 0) is 10.0 Å². The molecule has 0 aliphatic carbocycles. The van der Waals surface area contributed by atoms with E-state index in [-0.39, 0.29) is 29.2 Å². The van der Waals surface area contributed by atoms with Gasteiger partial charge in [-0.3, -0.25) is 13.9 Å². The summed E-state index contributed by atoms with van der Waals surface area (Å²) in [5, 5.41) is 4.62. The molecule has 0 saturated heterocycles. The summed E-state index contributed by atoms with van der Waals surface area (Å²) in [6.45, 7) is 2.95. The molecule has 5 rings (SSSR count). The molecular formula is C28H26F2N6O4S. The number of sulfonamides is 1. The SMILES string of the molecule is Cc1ccccc1Oc1cc(C)c(-n2ncc(C(=O)c3cc4cc(F)c(NS(=O)(=O)CCCF)cc4[nH]3)c2N)cn1. The number of alkyl halides is 1. The molecule has 10 nitrogen and oxygen atoms in total. The number of nitrogens with one attached hydrogen (secondary N) is 2. The maximum Gasteiger partial charge on any atom is 0.232 e. The highest BCUT2D eigenvalue weighted by Crippen LogP contribution is 2.29. The van der Waals surface area contributed by atoms with Crippen LogP contribution >= 0.6 is 0 Å². The largest absolute Gasteiger partial charge is 0.439 e. The summed E-state index contributed by atoms with van der Waals surface area (Å²) in [6.07, 6.45) is 2.66. The topological polar surface area (TPSA) is 145 Å². The van der Waals surface area contributed by atoms with Crippen molar-refractivity contribution in [3.8, 4) is 17.3 Å². The Morgan fingerprint density at radius 1 is 1.12 bits per heavy atom. The number of nitrogens with zero attached hydrogens (tertiary/aromatic N) is 3. The van der Waals surface area contributed by atoms with Crippen LogP contribution in [0.1, 0.15) is 33.6 Å². The maximum atomic E-state index is 14.6. The predicted octanol–water partition coefficient (Wildman–Crippen LogP) is 5.21. The number of para-hydroxylation sites is 1. The summed E-state index contributed by atoms with van der Waals surface area (Å²) in [7, 11) is -3.95. The standard InChI is InChI=1S/C28H26F2N6O4S/c1-16-6-3-4-7-25(16)40-26-10-17(2)24(15-32-26)36-28(31)19(14-33-36)27(37)23-12-18-11-20(30)22(13-21(18)34-23)35-41(38,39)9-5-8-29/h3-4,6-7,10-15,34-35H,5,8-9,31H2,1-2H3. The second-order valence-corrected chi connectivity index (χ2v) is 11.3. The Morgan fingerprint density at radius 2 is 1.90 bits per heavy atom. The Hall–Kier alpha value is -4.78. The fraction of sp³-hybridized carbons (Fsp3) is 0.179. The lowest BCUT2D eigenvalue weighted by Gasteiger charge is -2.11. The van der Waals surface area contributed by atoms with Gasteiger partial charge in [-0.1, -0.05) is 18.2 Å². The molecule has 41 heavy (non-hydrogen) atoms. The highest BCUT2D eigenvalue weighted by atomic mass is 32.2. The van der Waals surface area contributed by atoms with E-state index in [1.165, 1.54) is 23.0 Å². The molecule has 4 N–H and O–H groups in total. The maximum absolute atomic E-state index is 14.6. The van der Waals surface area contributed by atoms with Gasteiger partial charge in [0.05, 0.1) is 47.5 Å². The second-order valence-electron chi connectivity index (χ2n) is 9.43. The van der Waals surface area contributed by atoms with Crippen LogP contribution in [0.5, 0.6) is 11.6 Å². The fourth-order valence-electron chi connectivity index (χ4n) is 4.27. The smallest absolute Gasteiger partial charge is 0.232 e. The summed E-state index contributed by atoms with van der Waals surface area (Å²) < 4.78 is 60.6.